The third-order valence-electron chi connectivity index (χ3n) is 3.35. The number of halogens is 1. The predicted molar refractivity (Wildman–Crippen MR) is 87.8 cm³/mol. The Labute approximate surface area is 136 Å². The van der Waals surface area contributed by atoms with E-state index in [0.717, 1.165) is 16.8 Å². The molecule has 0 aliphatic heterocycles. The van der Waals surface area contributed by atoms with E-state index in [1.807, 2.05) is 13.8 Å². The van der Waals surface area contributed by atoms with E-state index in [-0.39, 0.29) is 11.7 Å². The van der Waals surface area contributed by atoms with E-state index >= 15 is 0 Å². The second kappa shape index (κ2) is 6.29. The summed E-state index contributed by atoms with van der Waals surface area (Å²) in [5.41, 5.74) is 3.55. The summed E-state index contributed by atoms with van der Waals surface area (Å²) < 4.78 is 13.1. The maximum absolute atomic E-state index is 13.1. The maximum atomic E-state index is 13.1. The highest BCUT2D eigenvalue weighted by atomic mass is 32.1. The fourth-order valence-electron chi connectivity index (χ4n) is 2.25. The highest BCUT2D eigenvalue weighted by Crippen LogP contribution is 2.34. The molecule has 3 aromatic rings. The van der Waals surface area contributed by atoms with Crippen LogP contribution in [0.25, 0.3) is 21.8 Å². The third kappa shape index (κ3) is 3.00. The van der Waals surface area contributed by atoms with Crippen molar-refractivity contribution in [3.05, 3.63) is 46.9 Å². The zero-order valence-electron chi connectivity index (χ0n) is 12.7. The van der Waals surface area contributed by atoms with E-state index in [4.69, 9.17) is 0 Å². The van der Waals surface area contributed by atoms with Gasteiger partial charge in [-0.1, -0.05) is 0 Å². The van der Waals surface area contributed by atoms with Crippen molar-refractivity contribution < 1.29 is 9.18 Å². The van der Waals surface area contributed by atoms with Gasteiger partial charge in [0.1, 0.15) is 22.2 Å². The Morgan fingerprint density at radius 1 is 1.35 bits per heavy atom. The molecule has 1 aromatic carbocycles. The van der Waals surface area contributed by atoms with Crippen molar-refractivity contribution in [2.24, 2.45) is 0 Å². The van der Waals surface area contributed by atoms with Crippen molar-refractivity contribution in [1.29, 1.82) is 0 Å². The first-order chi connectivity index (χ1) is 11.1. The number of nitrogens with one attached hydrogen (secondary N) is 2. The van der Waals surface area contributed by atoms with Crippen LogP contribution < -0.4 is 5.32 Å². The second-order valence-electron chi connectivity index (χ2n) is 4.98. The van der Waals surface area contributed by atoms with Gasteiger partial charge >= 0.3 is 0 Å². The molecular weight excluding hydrogens is 315 g/mol. The summed E-state index contributed by atoms with van der Waals surface area (Å²) in [4.78, 5) is 16.3. The van der Waals surface area contributed by atoms with Crippen molar-refractivity contribution in [3.63, 3.8) is 0 Å². The molecule has 0 aliphatic carbocycles. The number of aromatic amines is 1. The van der Waals surface area contributed by atoms with Gasteiger partial charge in [0.15, 0.2) is 0 Å². The number of rotatable bonds is 4. The van der Waals surface area contributed by atoms with Crippen LogP contribution in [0.15, 0.2) is 29.6 Å². The number of amides is 1. The van der Waals surface area contributed by atoms with Crippen LogP contribution in [-0.4, -0.2) is 27.6 Å². The van der Waals surface area contributed by atoms with Gasteiger partial charge in [-0.15, -0.1) is 11.3 Å². The molecular formula is C16H15FN4OS. The lowest BCUT2D eigenvalue weighted by molar-refractivity contribution is 0.0951. The summed E-state index contributed by atoms with van der Waals surface area (Å²) in [6.07, 6.45) is 0. The normalized spacial score (nSPS) is 10.7. The van der Waals surface area contributed by atoms with Crippen molar-refractivity contribution in [2.75, 3.05) is 6.54 Å². The van der Waals surface area contributed by atoms with Gasteiger partial charge in [0, 0.05) is 23.2 Å². The van der Waals surface area contributed by atoms with Crippen LogP contribution in [0, 0.1) is 12.7 Å². The van der Waals surface area contributed by atoms with E-state index in [1.54, 1.807) is 17.5 Å². The first-order valence-corrected chi connectivity index (χ1v) is 8.03. The molecule has 0 radical (unpaired) electrons. The minimum atomic E-state index is -0.296. The highest BCUT2D eigenvalue weighted by Gasteiger charge is 2.19. The van der Waals surface area contributed by atoms with E-state index in [1.165, 1.54) is 23.5 Å². The number of hydrogen-bond donors (Lipinski definition) is 2. The molecule has 0 unspecified atom stereocenters. The van der Waals surface area contributed by atoms with Crippen molar-refractivity contribution in [3.8, 4) is 21.8 Å². The van der Waals surface area contributed by atoms with Crippen molar-refractivity contribution in [2.45, 2.75) is 13.8 Å². The Kier molecular flexibility index (Phi) is 4.20. The van der Waals surface area contributed by atoms with E-state index < -0.39 is 0 Å². The summed E-state index contributed by atoms with van der Waals surface area (Å²) in [5.74, 6) is -0.491. The van der Waals surface area contributed by atoms with Crippen LogP contribution >= 0.6 is 11.3 Å². The SMILES string of the molecule is CCNC(=O)c1csc(-c2c(-c3ccc(F)cc3)n[nH]c2C)n1. The van der Waals surface area contributed by atoms with Crippen LogP contribution in [0.1, 0.15) is 23.1 Å². The smallest absolute Gasteiger partial charge is 0.270 e. The molecule has 0 spiro atoms. The molecule has 2 heterocycles. The monoisotopic (exact) mass is 330 g/mol. The summed E-state index contributed by atoms with van der Waals surface area (Å²) in [6.45, 7) is 4.30. The van der Waals surface area contributed by atoms with Gasteiger partial charge in [-0.25, -0.2) is 9.37 Å². The summed E-state index contributed by atoms with van der Waals surface area (Å²) in [5, 5.41) is 12.4. The van der Waals surface area contributed by atoms with Crippen molar-refractivity contribution in [1.82, 2.24) is 20.5 Å². The fourth-order valence-corrected chi connectivity index (χ4v) is 3.15. The molecule has 7 heteroatoms. The molecule has 118 valence electrons. The minimum absolute atomic E-state index is 0.195. The quantitative estimate of drug-likeness (QED) is 0.770. The average Bonchev–Trinajstić information content (AvgIpc) is 3.15. The number of aromatic nitrogens is 3. The number of hydrogen-bond acceptors (Lipinski definition) is 4. The topological polar surface area (TPSA) is 70.7 Å². The van der Waals surface area contributed by atoms with Crippen LogP contribution in [-0.2, 0) is 0 Å². The zero-order chi connectivity index (χ0) is 16.4. The van der Waals surface area contributed by atoms with Gasteiger partial charge < -0.3 is 5.32 Å². The lowest BCUT2D eigenvalue weighted by Crippen LogP contribution is -2.22. The lowest BCUT2D eigenvalue weighted by atomic mass is 10.1. The van der Waals surface area contributed by atoms with E-state index in [2.05, 4.69) is 20.5 Å². The molecule has 1 amide bonds. The standard InChI is InChI=1S/C16H15FN4OS/c1-3-18-15(22)12-8-23-16(19-12)13-9(2)20-21-14(13)10-4-6-11(17)7-5-10/h4-8H,3H2,1-2H3,(H,18,22)(H,20,21). The molecule has 2 aromatic heterocycles. The molecule has 2 N–H and O–H groups in total. The van der Waals surface area contributed by atoms with Crippen LogP contribution in [0.4, 0.5) is 4.39 Å². The molecule has 3 rings (SSSR count). The van der Waals surface area contributed by atoms with Gasteiger partial charge in [-0.05, 0) is 38.1 Å². The van der Waals surface area contributed by atoms with Gasteiger partial charge in [-0.2, -0.15) is 5.10 Å². The number of carbonyl (C=O) groups is 1. The largest absolute Gasteiger partial charge is 0.351 e. The van der Waals surface area contributed by atoms with Crippen molar-refractivity contribution >= 4 is 17.2 Å². The van der Waals surface area contributed by atoms with Crippen LogP contribution in [0.5, 0.6) is 0 Å². The summed E-state index contributed by atoms with van der Waals surface area (Å²) in [6, 6.07) is 6.13. The second-order valence-corrected chi connectivity index (χ2v) is 5.83. The minimum Gasteiger partial charge on any atom is -0.351 e. The van der Waals surface area contributed by atoms with E-state index in [0.29, 0.717) is 22.9 Å². The van der Waals surface area contributed by atoms with Crippen LogP contribution in [0.3, 0.4) is 0 Å². The predicted octanol–water partition coefficient (Wildman–Crippen LogP) is 3.40. The molecule has 0 saturated heterocycles. The molecule has 23 heavy (non-hydrogen) atoms. The third-order valence-corrected chi connectivity index (χ3v) is 4.21. The molecule has 0 fully saturated rings. The Morgan fingerprint density at radius 3 is 2.78 bits per heavy atom. The van der Waals surface area contributed by atoms with Gasteiger partial charge in [0.2, 0.25) is 0 Å². The highest BCUT2D eigenvalue weighted by molar-refractivity contribution is 7.13. The van der Waals surface area contributed by atoms with Gasteiger partial charge in [0.25, 0.3) is 5.91 Å². The summed E-state index contributed by atoms with van der Waals surface area (Å²) in [7, 11) is 0. The first-order valence-electron chi connectivity index (χ1n) is 7.15. The molecule has 0 aliphatic rings. The Hall–Kier alpha value is -2.54. The van der Waals surface area contributed by atoms with Gasteiger partial charge in [-0.3, -0.25) is 9.89 Å². The molecule has 5 nitrogen and oxygen atoms in total. The van der Waals surface area contributed by atoms with E-state index in [9.17, 15) is 9.18 Å². The molecule has 0 bridgehead atoms. The average molecular weight is 330 g/mol. The number of aryl methyl sites for hydroxylation is 1. The Balaban J connectivity index is 2.02. The first kappa shape index (κ1) is 15.4. The Morgan fingerprint density at radius 2 is 2.09 bits per heavy atom. The number of thiazole rings is 1. The zero-order valence-corrected chi connectivity index (χ0v) is 13.5. The fraction of sp³-hybridized carbons (Fsp3) is 0.188. The molecule has 0 atom stereocenters. The van der Waals surface area contributed by atoms with Gasteiger partial charge in [0.05, 0.1) is 5.56 Å². The number of nitrogens with zero attached hydrogens (tertiary/aromatic N) is 2. The number of benzene rings is 1. The Bertz CT molecular complexity index is 838. The summed E-state index contributed by atoms with van der Waals surface area (Å²) >= 11 is 1.38. The van der Waals surface area contributed by atoms with Crippen LogP contribution in [0.2, 0.25) is 0 Å². The number of carbonyl (C=O) groups excluding carboxylic acids is 1. The lowest BCUT2D eigenvalue weighted by Gasteiger charge is -2.01. The molecule has 0 saturated carbocycles. The maximum Gasteiger partial charge on any atom is 0.270 e. The number of H-pyrrole nitrogens is 1.